The van der Waals surface area contributed by atoms with Crippen molar-refractivity contribution in [3.63, 3.8) is 0 Å². The molecule has 4 nitrogen and oxygen atoms in total. The van der Waals surface area contributed by atoms with Gasteiger partial charge in [-0.1, -0.05) is 0 Å². The molecule has 0 saturated heterocycles. The van der Waals surface area contributed by atoms with Gasteiger partial charge < -0.3 is 14.2 Å². The lowest BCUT2D eigenvalue weighted by molar-refractivity contribution is 0.107. The summed E-state index contributed by atoms with van der Waals surface area (Å²) >= 11 is 5.62. The Balaban J connectivity index is 2.39. The summed E-state index contributed by atoms with van der Waals surface area (Å²) in [5.74, 6) is 1.39. The van der Waals surface area contributed by atoms with Crippen LogP contribution in [0.15, 0.2) is 12.1 Å². The minimum atomic E-state index is -0.579. The van der Waals surface area contributed by atoms with Gasteiger partial charge in [0.2, 0.25) is 0 Å². The SMILES string of the molecule is COc1cc(OC)c(OC2CCCC2)c(C(=O)Cl)c1. The van der Waals surface area contributed by atoms with Crippen LogP contribution < -0.4 is 14.2 Å². The summed E-state index contributed by atoms with van der Waals surface area (Å²) in [6, 6.07) is 3.26. The third-order valence-electron chi connectivity index (χ3n) is 3.28. The van der Waals surface area contributed by atoms with E-state index in [0.29, 0.717) is 17.2 Å². The number of rotatable bonds is 5. The Labute approximate surface area is 117 Å². The van der Waals surface area contributed by atoms with E-state index in [-0.39, 0.29) is 11.7 Å². The first-order valence-electron chi connectivity index (χ1n) is 6.28. The van der Waals surface area contributed by atoms with Gasteiger partial charge in [-0.15, -0.1) is 0 Å². The highest BCUT2D eigenvalue weighted by Crippen LogP contribution is 2.38. The smallest absolute Gasteiger partial charge is 0.256 e. The van der Waals surface area contributed by atoms with Crippen LogP contribution in [-0.4, -0.2) is 25.6 Å². The Morgan fingerprint density at radius 3 is 2.42 bits per heavy atom. The molecule has 0 spiro atoms. The zero-order valence-electron chi connectivity index (χ0n) is 11.1. The first-order chi connectivity index (χ1) is 9.15. The second kappa shape index (κ2) is 6.15. The molecule has 0 N–H and O–H groups in total. The number of benzene rings is 1. The summed E-state index contributed by atoms with van der Waals surface area (Å²) in [5.41, 5.74) is 0.282. The molecule has 1 fully saturated rings. The molecule has 1 aromatic rings. The molecule has 104 valence electrons. The molecule has 1 aliphatic rings. The molecule has 5 heteroatoms. The standard InChI is InChI=1S/C14H17ClO4/c1-17-10-7-11(14(15)16)13(12(8-10)18-2)19-9-5-3-4-6-9/h7-9H,3-6H2,1-2H3. The van der Waals surface area contributed by atoms with Crippen LogP contribution in [0.1, 0.15) is 36.0 Å². The highest BCUT2D eigenvalue weighted by atomic mass is 35.5. The molecule has 0 radical (unpaired) electrons. The monoisotopic (exact) mass is 284 g/mol. The van der Waals surface area contributed by atoms with Crippen LogP contribution in [0.25, 0.3) is 0 Å². The molecule has 0 heterocycles. The fourth-order valence-corrected chi connectivity index (χ4v) is 2.43. The van der Waals surface area contributed by atoms with Crippen molar-refractivity contribution in [1.29, 1.82) is 0 Å². The van der Waals surface area contributed by atoms with E-state index >= 15 is 0 Å². The van der Waals surface area contributed by atoms with E-state index in [1.165, 1.54) is 14.2 Å². The first kappa shape index (κ1) is 14.0. The predicted octanol–water partition coefficient (Wildman–Crippen LogP) is 3.40. The molecule has 0 unspecified atom stereocenters. The van der Waals surface area contributed by atoms with Crippen molar-refractivity contribution in [2.75, 3.05) is 14.2 Å². The molecule has 0 atom stereocenters. The molecule has 1 saturated carbocycles. The maximum atomic E-state index is 11.6. The molecular formula is C14H17ClO4. The number of carbonyl (C=O) groups is 1. The van der Waals surface area contributed by atoms with Crippen molar-refractivity contribution < 1.29 is 19.0 Å². The molecule has 0 aromatic heterocycles. The number of ether oxygens (including phenoxy) is 3. The predicted molar refractivity (Wildman–Crippen MR) is 72.6 cm³/mol. The highest BCUT2D eigenvalue weighted by molar-refractivity contribution is 6.68. The maximum absolute atomic E-state index is 11.6. The van der Waals surface area contributed by atoms with Crippen LogP contribution in [0.5, 0.6) is 17.2 Å². The lowest BCUT2D eigenvalue weighted by Crippen LogP contribution is -2.14. The van der Waals surface area contributed by atoms with Crippen molar-refractivity contribution in [2.45, 2.75) is 31.8 Å². The average Bonchev–Trinajstić information content (AvgIpc) is 2.91. The van der Waals surface area contributed by atoms with E-state index in [2.05, 4.69) is 0 Å². The van der Waals surface area contributed by atoms with Crippen LogP contribution in [-0.2, 0) is 0 Å². The summed E-state index contributed by atoms with van der Waals surface area (Å²) in [5, 5.41) is -0.579. The summed E-state index contributed by atoms with van der Waals surface area (Å²) in [6.07, 6.45) is 4.40. The van der Waals surface area contributed by atoms with Crippen molar-refractivity contribution in [3.05, 3.63) is 17.7 Å². The lowest BCUT2D eigenvalue weighted by atomic mass is 10.1. The summed E-state index contributed by atoms with van der Waals surface area (Å²) in [4.78, 5) is 11.6. The molecule has 0 amide bonds. The zero-order chi connectivity index (χ0) is 13.8. The fraction of sp³-hybridized carbons (Fsp3) is 0.500. The topological polar surface area (TPSA) is 44.8 Å². The molecule has 0 bridgehead atoms. The van der Waals surface area contributed by atoms with E-state index in [9.17, 15) is 4.79 Å². The second-order valence-electron chi connectivity index (χ2n) is 4.50. The number of halogens is 1. The third-order valence-corrected chi connectivity index (χ3v) is 3.49. The normalized spacial score (nSPS) is 15.3. The minimum Gasteiger partial charge on any atom is -0.497 e. The summed E-state index contributed by atoms with van der Waals surface area (Å²) < 4.78 is 16.3. The second-order valence-corrected chi connectivity index (χ2v) is 4.85. The highest BCUT2D eigenvalue weighted by Gasteiger charge is 2.23. The van der Waals surface area contributed by atoms with Gasteiger partial charge in [-0.2, -0.15) is 0 Å². The van der Waals surface area contributed by atoms with Gasteiger partial charge in [0.05, 0.1) is 25.9 Å². The Morgan fingerprint density at radius 2 is 1.89 bits per heavy atom. The van der Waals surface area contributed by atoms with E-state index in [1.807, 2.05) is 0 Å². The molecule has 0 aliphatic heterocycles. The molecule has 1 aromatic carbocycles. The number of hydrogen-bond acceptors (Lipinski definition) is 4. The van der Waals surface area contributed by atoms with E-state index in [4.69, 9.17) is 25.8 Å². The van der Waals surface area contributed by atoms with Crippen LogP contribution in [0.4, 0.5) is 0 Å². The Hall–Kier alpha value is -1.42. The van der Waals surface area contributed by atoms with Crippen molar-refractivity contribution in [3.8, 4) is 17.2 Å². The molecule has 19 heavy (non-hydrogen) atoms. The molecular weight excluding hydrogens is 268 g/mol. The van der Waals surface area contributed by atoms with Crippen molar-refractivity contribution >= 4 is 16.8 Å². The maximum Gasteiger partial charge on any atom is 0.256 e. The van der Waals surface area contributed by atoms with Gasteiger partial charge in [0.15, 0.2) is 11.5 Å². The average molecular weight is 285 g/mol. The lowest BCUT2D eigenvalue weighted by Gasteiger charge is -2.18. The van der Waals surface area contributed by atoms with Crippen molar-refractivity contribution in [1.82, 2.24) is 0 Å². The first-order valence-corrected chi connectivity index (χ1v) is 6.66. The van der Waals surface area contributed by atoms with Gasteiger partial charge in [0.25, 0.3) is 5.24 Å². The van der Waals surface area contributed by atoms with E-state index < -0.39 is 5.24 Å². The number of hydrogen-bond donors (Lipinski definition) is 0. The number of methoxy groups -OCH3 is 2. The Morgan fingerprint density at radius 1 is 1.21 bits per heavy atom. The van der Waals surface area contributed by atoms with Gasteiger partial charge >= 0.3 is 0 Å². The summed E-state index contributed by atoms with van der Waals surface area (Å²) in [7, 11) is 3.05. The van der Waals surface area contributed by atoms with E-state index in [1.54, 1.807) is 12.1 Å². The van der Waals surface area contributed by atoms with E-state index in [0.717, 1.165) is 25.7 Å². The van der Waals surface area contributed by atoms with Crippen molar-refractivity contribution in [2.24, 2.45) is 0 Å². The van der Waals surface area contributed by atoms with Gasteiger partial charge in [0.1, 0.15) is 5.75 Å². The van der Waals surface area contributed by atoms with Crippen LogP contribution in [0, 0.1) is 0 Å². The largest absolute Gasteiger partial charge is 0.497 e. The Kier molecular flexibility index (Phi) is 4.53. The van der Waals surface area contributed by atoms with Gasteiger partial charge in [-0.3, -0.25) is 4.79 Å². The minimum absolute atomic E-state index is 0.122. The van der Waals surface area contributed by atoms with Crippen LogP contribution >= 0.6 is 11.6 Å². The zero-order valence-corrected chi connectivity index (χ0v) is 11.8. The fourth-order valence-electron chi connectivity index (χ4n) is 2.29. The quantitative estimate of drug-likeness (QED) is 0.777. The van der Waals surface area contributed by atoms with Crippen LogP contribution in [0.2, 0.25) is 0 Å². The molecule has 1 aliphatic carbocycles. The van der Waals surface area contributed by atoms with Crippen LogP contribution in [0.3, 0.4) is 0 Å². The van der Waals surface area contributed by atoms with Gasteiger partial charge in [-0.25, -0.2) is 0 Å². The molecule has 2 rings (SSSR count). The van der Waals surface area contributed by atoms with Gasteiger partial charge in [-0.05, 0) is 43.4 Å². The summed E-state index contributed by atoms with van der Waals surface area (Å²) in [6.45, 7) is 0. The number of carbonyl (C=O) groups excluding carboxylic acids is 1. The third kappa shape index (κ3) is 3.13. The van der Waals surface area contributed by atoms with Gasteiger partial charge in [0, 0.05) is 6.07 Å². The Bertz CT molecular complexity index is 467.